The first kappa shape index (κ1) is 24.2. The first-order chi connectivity index (χ1) is 17.0. The van der Waals surface area contributed by atoms with Crippen LogP contribution in [0.3, 0.4) is 0 Å². The van der Waals surface area contributed by atoms with Gasteiger partial charge in [0.05, 0.1) is 25.3 Å². The molecule has 0 radical (unpaired) electrons. The maximum absolute atomic E-state index is 10.7. The van der Waals surface area contributed by atoms with Gasteiger partial charge < -0.3 is 39.2 Å². The Labute approximate surface area is 204 Å². The van der Waals surface area contributed by atoms with Crippen LogP contribution in [0.5, 0.6) is 5.75 Å². The molecule has 5 atom stereocenters. The second-order valence-corrected chi connectivity index (χ2v) is 9.50. The van der Waals surface area contributed by atoms with Gasteiger partial charge in [-0.05, 0) is 42.2 Å². The second kappa shape index (κ2) is 10.3. The number of aryl methyl sites for hydroxylation is 1. The zero-order chi connectivity index (χ0) is 24.5. The summed E-state index contributed by atoms with van der Waals surface area (Å²) in [6, 6.07) is 14.1. The van der Waals surface area contributed by atoms with Gasteiger partial charge in [-0.15, -0.1) is 0 Å². The fourth-order valence-electron chi connectivity index (χ4n) is 5.11. The van der Waals surface area contributed by atoms with Crippen molar-refractivity contribution in [2.45, 2.75) is 62.9 Å². The molecule has 0 saturated carbocycles. The van der Waals surface area contributed by atoms with Crippen molar-refractivity contribution < 1.29 is 34.6 Å². The topological polar surface area (TPSA) is 114 Å². The zero-order valence-corrected chi connectivity index (χ0v) is 19.8. The molecule has 8 heteroatoms. The van der Waals surface area contributed by atoms with E-state index in [1.807, 2.05) is 48.0 Å². The number of benzene rings is 2. The van der Waals surface area contributed by atoms with Gasteiger partial charge in [-0.2, -0.15) is 0 Å². The van der Waals surface area contributed by atoms with Gasteiger partial charge in [0.25, 0.3) is 0 Å². The molecule has 2 aliphatic rings. The van der Waals surface area contributed by atoms with E-state index >= 15 is 0 Å². The van der Waals surface area contributed by atoms with Gasteiger partial charge in [0, 0.05) is 24.4 Å². The Morgan fingerprint density at radius 3 is 2.43 bits per heavy atom. The van der Waals surface area contributed by atoms with E-state index in [9.17, 15) is 20.4 Å². The molecular weight excluding hydrogens is 450 g/mol. The van der Waals surface area contributed by atoms with Gasteiger partial charge in [0.15, 0.2) is 6.23 Å². The van der Waals surface area contributed by atoms with Gasteiger partial charge in [-0.25, -0.2) is 0 Å². The lowest BCUT2D eigenvalue weighted by molar-refractivity contribution is -0.250. The molecule has 0 bridgehead atoms. The summed E-state index contributed by atoms with van der Waals surface area (Å²) in [5.74, 6) is 0.847. The maximum Gasteiger partial charge on any atom is 0.163 e. The van der Waals surface area contributed by atoms with E-state index in [-0.39, 0.29) is 6.10 Å². The molecule has 0 amide bonds. The minimum absolute atomic E-state index is 0.189. The Morgan fingerprint density at radius 1 is 0.971 bits per heavy atom. The van der Waals surface area contributed by atoms with Gasteiger partial charge in [0.1, 0.15) is 36.3 Å². The third kappa shape index (κ3) is 4.82. The molecule has 3 aromatic rings. The lowest BCUT2D eigenvalue weighted by Gasteiger charge is -2.40. The second-order valence-electron chi connectivity index (χ2n) is 9.50. The first-order valence-corrected chi connectivity index (χ1v) is 12.2. The summed E-state index contributed by atoms with van der Waals surface area (Å²) in [4.78, 5) is 0. The molecule has 5 rings (SSSR count). The average molecular weight is 484 g/mol. The molecule has 2 aliphatic heterocycles. The molecule has 35 heavy (non-hydrogen) atoms. The van der Waals surface area contributed by atoms with Crippen LogP contribution in [-0.4, -0.2) is 75.3 Å². The largest absolute Gasteiger partial charge is 0.490 e. The number of aromatic nitrogens is 1. The summed E-state index contributed by atoms with van der Waals surface area (Å²) in [6.07, 6.45) is -1.51. The van der Waals surface area contributed by atoms with Crippen LogP contribution in [-0.2, 0) is 15.9 Å². The summed E-state index contributed by atoms with van der Waals surface area (Å²) >= 11 is 0. The highest BCUT2D eigenvalue weighted by molar-refractivity contribution is 5.87. The number of aliphatic hydroxyl groups is 4. The van der Waals surface area contributed by atoms with Crippen LogP contribution in [0.15, 0.2) is 48.7 Å². The third-order valence-electron chi connectivity index (χ3n) is 7.07. The number of para-hydroxylation sites is 1. The highest BCUT2D eigenvalue weighted by Gasteiger charge is 2.44. The molecule has 2 saturated heterocycles. The van der Waals surface area contributed by atoms with E-state index < -0.39 is 37.3 Å². The van der Waals surface area contributed by atoms with Crippen LogP contribution in [0.4, 0.5) is 0 Å². The Kier molecular flexibility index (Phi) is 7.11. The van der Waals surface area contributed by atoms with Gasteiger partial charge in [-0.1, -0.05) is 30.3 Å². The van der Waals surface area contributed by atoms with Crippen molar-refractivity contribution in [1.82, 2.24) is 4.57 Å². The van der Waals surface area contributed by atoms with E-state index in [1.165, 1.54) is 0 Å². The molecule has 0 aliphatic carbocycles. The normalized spacial score (nSPS) is 27.9. The molecule has 0 unspecified atom stereocenters. The van der Waals surface area contributed by atoms with E-state index in [0.717, 1.165) is 59.4 Å². The predicted octanol–water partition coefficient (Wildman–Crippen LogP) is 2.07. The number of fused-ring (bicyclic) bond motifs is 1. The lowest BCUT2D eigenvalue weighted by Crippen LogP contribution is -2.56. The summed E-state index contributed by atoms with van der Waals surface area (Å²) in [6.45, 7) is 2.99. The van der Waals surface area contributed by atoms with Crippen molar-refractivity contribution in [2.24, 2.45) is 0 Å². The summed E-state index contributed by atoms with van der Waals surface area (Å²) in [5.41, 5.74) is 4.02. The molecule has 3 heterocycles. The Hall–Kier alpha value is -2.46. The van der Waals surface area contributed by atoms with Crippen LogP contribution >= 0.6 is 0 Å². The average Bonchev–Trinajstić information content (AvgIpc) is 3.24. The van der Waals surface area contributed by atoms with Gasteiger partial charge in [-0.3, -0.25) is 0 Å². The zero-order valence-electron chi connectivity index (χ0n) is 19.8. The van der Waals surface area contributed by atoms with Crippen LogP contribution in [0.2, 0.25) is 0 Å². The monoisotopic (exact) mass is 483 g/mol. The van der Waals surface area contributed by atoms with Crippen molar-refractivity contribution in [1.29, 1.82) is 0 Å². The Bertz CT molecular complexity index is 1140. The molecule has 0 spiro atoms. The molecule has 2 aromatic carbocycles. The maximum atomic E-state index is 10.7. The van der Waals surface area contributed by atoms with Crippen molar-refractivity contribution in [2.75, 3.05) is 19.8 Å². The smallest absolute Gasteiger partial charge is 0.163 e. The minimum atomic E-state index is -1.43. The fraction of sp³-hybridized carbons (Fsp3) is 0.481. The van der Waals surface area contributed by atoms with E-state index in [1.54, 1.807) is 0 Å². The number of aliphatic hydroxyl groups excluding tert-OH is 4. The highest BCUT2D eigenvalue weighted by atomic mass is 16.6. The summed E-state index contributed by atoms with van der Waals surface area (Å²) in [5, 5.41) is 41.9. The van der Waals surface area contributed by atoms with Crippen LogP contribution in [0.1, 0.15) is 35.8 Å². The fourth-order valence-corrected chi connectivity index (χ4v) is 5.11. The number of hydrogen-bond donors (Lipinski definition) is 4. The predicted molar refractivity (Wildman–Crippen MR) is 129 cm³/mol. The molecule has 4 N–H and O–H groups in total. The van der Waals surface area contributed by atoms with Crippen molar-refractivity contribution in [3.63, 3.8) is 0 Å². The molecule has 8 nitrogen and oxygen atoms in total. The van der Waals surface area contributed by atoms with E-state index in [0.29, 0.717) is 6.42 Å². The van der Waals surface area contributed by atoms with Crippen LogP contribution < -0.4 is 4.74 Å². The third-order valence-corrected chi connectivity index (χ3v) is 7.07. The van der Waals surface area contributed by atoms with Crippen molar-refractivity contribution in [3.8, 4) is 5.75 Å². The number of ether oxygens (including phenoxy) is 3. The summed E-state index contributed by atoms with van der Waals surface area (Å²) < 4.78 is 19.2. The number of hydrogen-bond acceptors (Lipinski definition) is 7. The van der Waals surface area contributed by atoms with E-state index in [4.69, 9.17) is 14.2 Å². The van der Waals surface area contributed by atoms with Crippen LogP contribution in [0, 0.1) is 6.92 Å². The molecule has 188 valence electrons. The SMILES string of the molecule is Cc1cccc2c(Cc3ccc(OC4CCOCC4)cc3)cn([C@@H]3O[C@H](CO)[C@@H](O)[C@H](O)[C@H]3O)c12. The van der Waals surface area contributed by atoms with Gasteiger partial charge in [0.2, 0.25) is 0 Å². The molecule has 1 aromatic heterocycles. The lowest BCUT2D eigenvalue weighted by atomic mass is 9.98. The molecular formula is C27H33NO7. The number of nitrogens with zero attached hydrogens (tertiary/aromatic N) is 1. The van der Waals surface area contributed by atoms with Gasteiger partial charge >= 0.3 is 0 Å². The summed E-state index contributed by atoms with van der Waals surface area (Å²) in [7, 11) is 0. The Balaban J connectivity index is 1.42. The standard InChI is InChI=1S/C27H33NO7/c1-16-3-2-4-21-18(13-17-5-7-19(8-6-17)34-20-9-11-33-12-10-20)14-28(23(16)21)27-26(32)25(31)24(30)22(15-29)35-27/h2-8,14,20,22,24-27,29-32H,9-13,15H2,1H3/t22-,24-,25+,26-,27-/m1/s1. The minimum Gasteiger partial charge on any atom is -0.490 e. The Morgan fingerprint density at radius 2 is 1.71 bits per heavy atom. The van der Waals surface area contributed by atoms with Crippen LogP contribution in [0.25, 0.3) is 10.9 Å². The van der Waals surface area contributed by atoms with Crippen molar-refractivity contribution in [3.05, 3.63) is 65.4 Å². The first-order valence-electron chi connectivity index (χ1n) is 12.2. The van der Waals surface area contributed by atoms with E-state index in [2.05, 4.69) is 12.1 Å². The highest BCUT2D eigenvalue weighted by Crippen LogP contribution is 2.35. The van der Waals surface area contributed by atoms with Crippen molar-refractivity contribution >= 4 is 10.9 Å². The number of rotatable bonds is 6. The molecule has 2 fully saturated rings. The quantitative estimate of drug-likeness (QED) is 0.425.